The van der Waals surface area contributed by atoms with Crippen LogP contribution in [0.2, 0.25) is 0 Å². The zero-order chi connectivity index (χ0) is 9.80. The van der Waals surface area contributed by atoms with Crippen molar-refractivity contribution in [1.29, 1.82) is 0 Å². The topological polar surface area (TPSA) is 27.1 Å². The lowest BCUT2D eigenvalue weighted by Crippen LogP contribution is -2.07. The van der Waals surface area contributed by atoms with Crippen molar-refractivity contribution >= 4 is 0 Å². The molecule has 0 aliphatic carbocycles. The van der Waals surface area contributed by atoms with Crippen molar-refractivity contribution in [3.05, 3.63) is 48.5 Å². The molecular weight excluding hydrogens is 176 g/mol. The van der Waals surface area contributed by atoms with Crippen molar-refractivity contribution in [1.82, 2.24) is 9.71 Å². The summed E-state index contributed by atoms with van der Waals surface area (Å²) in [5.41, 5.74) is 0. The Bertz CT molecular complexity index is 395. The van der Waals surface area contributed by atoms with Gasteiger partial charge in [-0.25, -0.2) is 4.98 Å². The molecule has 0 bridgehead atoms. The lowest BCUT2D eigenvalue weighted by Gasteiger charge is -2.07. The average Bonchev–Trinajstić information content (AvgIpc) is 2.67. The molecule has 1 aromatic heterocycles. The van der Waals surface area contributed by atoms with E-state index in [-0.39, 0.29) is 0 Å². The van der Waals surface area contributed by atoms with Gasteiger partial charge in [-0.2, -0.15) is 4.73 Å². The molecule has 0 unspecified atom stereocenters. The summed E-state index contributed by atoms with van der Waals surface area (Å²) in [5, 5.41) is 0. The number of hydrogen-bond donors (Lipinski definition) is 0. The van der Waals surface area contributed by atoms with Crippen LogP contribution in [0, 0.1) is 0 Å². The fourth-order valence-corrected chi connectivity index (χ4v) is 1.25. The van der Waals surface area contributed by atoms with E-state index in [0.717, 1.165) is 18.0 Å². The molecule has 14 heavy (non-hydrogen) atoms. The van der Waals surface area contributed by atoms with E-state index < -0.39 is 0 Å². The van der Waals surface area contributed by atoms with Crippen LogP contribution in [0.15, 0.2) is 42.7 Å². The van der Waals surface area contributed by atoms with Gasteiger partial charge in [0.25, 0.3) is 0 Å². The van der Waals surface area contributed by atoms with Gasteiger partial charge in [0.1, 0.15) is 5.82 Å². The van der Waals surface area contributed by atoms with Gasteiger partial charge < -0.3 is 4.84 Å². The molecule has 0 saturated carbocycles. The first-order chi connectivity index (χ1) is 6.90. The lowest BCUT2D eigenvalue weighted by atomic mass is 10.3. The third-order valence-electron chi connectivity index (χ3n) is 1.94. The maximum atomic E-state index is 5.59. The van der Waals surface area contributed by atoms with Crippen molar-refractivity contribution < 1.29 is 4.84 Å². The molecular formula is C11H12N2O. The summed E-state index contributed by atoms with van der Waals surface area (Å²) in [4.78, 5) is 9.76. The van der Waals surface area contributed by atoms with E-state index >= 15 is 0 Å². The molecule has 3 heteroatoms. The summed E-state index contributed by atoms with van der Waals surface area (Å²) in [7, 11) is 0. The monoisotopic (exact) mass is 188 g/mol. The highest BCUT2D eigenvalue weighted by Crippen LogP contribution is 2.10. The number of benzene rings is 1. The fraction of sp³-hybridized carbons (Fsp3) is 0.182. The molecule has 1 heterocycles. The van der Waals surface area contributed by atoms with Gasteiger partial charge in [0.15, 0.2) is 5.75 Å². The average molecular weight is 188 g/mol. The Morgan fingerprint density at radius 3 is 2.79 bits per heavy atom. The first kappa shape index (κ1) is 8.81. The van der Waals surface area contributed by atoms with Crippen molar-refractivity contribution in [2.75, 3.05) is 0 Å². The first-order valence-electron chi connectivity index (χ1n) is 4.65. The van der Waals surface area contributed by atoms with Crippen molar-refractivity contribution in [3.63, 3.8) is 0 Å². The molecule has 0 saturated heterocycles. The molecule has 0 aliphatic rings. The van der Waals surface area contributed by atoms with Gasteiger partial charge in [-0.3, -0.25) is 0 Å². The maximum absolute atomic E-state index is 5.59. The number of hydrogen-bond acceptors (Lipinski definition) is 2. The normalized spacial score (nSPS) is 10.1. The van der Waals surface area contributed by atoms with Crippen LogP contribution in [0.3, 0.4) is 0 Å². The first-order valence-corrected chi connectivity index (χ1v) is 4.65. The van der Waals surface area contributed by atoms with E-state index in [1.165, 1.54) is 0 Å². The summed E-state index contributed by atoms with van der Waals surface area (Å²) in [6.07, 6.45) is 4.41. The van der Waals surface area contributed by atoms with Gasteiger partial charge in [0, 0.05) is 12.6 Å². The number of imidazole rings is 1. The molecule has 3 nitrogen and oxygen atoms in total. The van der Waals surface area contributed by atoms with Crippen molar-refractivity contribution in [2.24, 2.45) is 0 Å². The number of para-hydroxylation sites is 1. The second-order valence-electron chi connectivity index (χ2n) is 2.93. The molecule has 0 aliphatic heterocycles. The minimum atomic E-state index is 0.820. The zero-order valence-corrected chi connectivity index (χ0v) is 8.05. The Kier molecular flexibility index (Phi) is 2.49. The van der Waals surface area contributed by atoms with E-state index in [1.54, 1.807) is 10.9 Å². The second-order valence-corrected chi connectivity index (χ2v) is 2.93. The quantitative estimate of drug-likeness (QED) is 0.739. The number of aromatic nitrogens is 2. The predicted molar refractivity (Wildman–Crippen MR) is 54.1 cm³/mol. The number of aryl methyl sites for hydroxylation is 1. The van der Waals surface area contributed by atoms with Crippen LogP contribution in [0.4, 0.5) is 0 Å². The van der Waals surface area contributed by atoms with Crippen LogP contribution in [0.1, 0.15) is 12.7 Å². The highest BCUT2D eigenvalue weighted by atomic mass is 16.7. The zero-order valence-electron chi connectivity index (χ0n) is 8.05. The van der Waals surface area contributed by atoms with Crippen molar-refractivity contribution in [2.45, 2.75) is 13.3 Å². The summed E-state index contributed by atoms with van der Waals surface area (Å²) >= 11 is 0. The summed E-state index contributed by atoms with van der Waals surface area (Å²) in [5.74, 6) is 1.74. The predicted octanol–water partition coefficient (Wildman–Crippen LogP) is 2.29. The second kappa shape index (κ2) is 3.96. The van der Waals surface area contributed by atoms with Crippen LogP contribution >= 0.6 is 0 Å². The third kappa shape index (κ3) is 1.76. The largest absolute Gasteiger partial charge is 0.374 e. The molecule has 1 aromatic carbocycles. The third-order valence-corrected chi connectivity index (χ3v) is 1.94. The highest BCUT2D eigenvalue weighted by molar-refractivity contribution is 5.21. The molecule has 0 spiro atoms. The SMILES string of the molecule is CCc1nccn1Oc1ccccc1. The summed E-state index contributed by atoms with van der Waals surface area (Å²) in [6.45, 7) is 2.05. The van der Waals surface area contributed by atoms with Gasteiger partial charge in [-0.1, -0.05) is 25.1 Å². The number of rotatable bonds is 3. The molecule has 0 fully saturated rings. The Hall–Kier alpha value is -1.77. The van der Waals surface area contributed by atoms with Gasteiger partial charge in [-0.15, -0.1) is 0 Å². The Morgan fingerprint density at radius 2 is 2.07 bits per heavy atom. The molecule has 2 aromatic rings. The Morgan fingerprint density at radius 1 is 1.29 bits per heavy atom. The highest BCUT2D eigenvalue weighted by Gasteiger charge is 2.00. The van der Waals surface area contributed by atoms with Crippen molar-refractivity contribution in [3.8, 4) is 5.75 Å². The Labute approximate surface area is 82.9 Å². The maximum Gasteiger partial charge on any atom is 0.155 e. The minimum Gasteiger partial charge on any atom is -0.374 e. The van der Waals surface area contributed by atoms with E-state index in [1.807, 2.05) is 43.5 Å². The summed E-state index contributed by atoms with van der Waals surface area (Å²) in [6, 6.07) is 9.68. The molecule has 0 amide bonds. The van der Waals surface area contributed by atoms with E-state index in [4.69, 9.17) is 4.84 Å². The molecule has 0 radical (unpaired) electrons. The van der Waals surface area contributed by atoms with Crippen LogP contribution < -0.4 is 4.84 Å². The van der Waals surface area contributed by atoms with Crippen LogP contribution in [0.5, 0.6) is 5.75 Å². The summed E-state index contributed by atoms with van der Waals surface area (Å²) < 4.78 is 1.69. The van der Waals surface area contributed by atoms with E-state index in [9.17, 15) is 0 Å². The van der Waals surface area contributed by atoms with E-state index in [0.29, 0.717) is 0 Å². The molecule has 2 rings (SSSR count). The molecule has 72 valence electrons. The van der Waals surface area contributed by atoms with Gasteiger partial charge >= 0.3 is 0 Å². The van der Waals surface area contributed by atoms with Crippen LogP contribution in [-0.2, 0) is 6.42 Å². The van der Waals surface area contributed by atoms with Gasteiger partial charge in [0.2, 0.25) is 0 Å². The molecule has 0 N–H and O–H groups in total. The van der Waals surface area contributed by atoms with Gasteiger partial charge in [-0.05, 0) is 12.1 Å². The van der Waals surface area contributed by atoms with Gasteiger partial charge in [0.05, 0.1) is 6.20 Å². The molecule has 0 atom stereocenters. The minimum absolute atomic E-state index is 0.820. The van der Waals surface area contributed by atoms with Crippen LogP contribution in [-0.4, -0.2) is 9.71 Å². The smallest absolute Gasteiger partial charge is 0.155 e. The number of nitrogens with zero attached hydrogens (tertiary/aromatic N) is 2. The van der Waals surface area contributed by atoms with Crippen LogP contribution in [0.25, 0.3) is 0 Å². The Balaban J connectivity index is 2.19. The lowest BCUT2D eigenvalue weighted by molar-refractivity contribution is 0.205. The van der Waals surface area contributed by atoms with E-state index in [2.05, 4.69) is 4.98 Å². The standard InChI is InChI=1S/C11H12N2O/c1-2-11-12-8-9-13(11)14-10-6-4-3-5-7-10/h3-9H,2H2,1H3. The fourth-order valence-electron chi connectivity index (χ4n) is 1.25.